The second kappa shape index (κ2) is 4.63. The van der Waals surface area contributed by atoms with Crippen molar-refractivity contribution in [1.82, 2.24) is 9.55 Å². The Labute approximate surface area is 119 Å². The maximum absolute atomic E-state index is 13.2. The lowest BCUT2D eigenvalue weighted by atomic mass is 10.0. The second-order valence-electron chi connectivity index (χ2n) is 5.23. The van der Waals surface area contributed by atoms with E-state index in [1.54, 1.807) is 32.0 Å². The summed E-state index contributed by atoms with van der Waals surface area (Å²) in [7, 11) is 0. The molecular weight excluding hydrogens is 291 g/mol. The van der Waals surface area contributed by atoms with E-state index in [4.69, 9.17) is 17.3 Å². The van der Waals surface area contributed by atoms with Crippen LogP contribution < -0.4 is 5.73 Å². The summed E-state index contributed by atoms with van der Waals surface area (Å²) in [5.74, 6) is -0.211. The molecule has 0 amide bonds. The molecule has 0 bridgehead atoms. The molecule has 1 atom stereocenters. The van der Waals surface area contributed by atoms with E-state index in [2.05, 4.69) is 4.98 Å². The highest BCUT2D eigenvalue weighted by Crippen LogP contribution is 2.38. The summed E-state index contributed by atoms with van der Waals surface area (Å²) in [4.78, 5) is 4.07. The topological polar surface area (TPSA) is 43.8 Å². The zero-order valence-electron chi connectivity index (χ0n) is 11.3. The number of benzene rings is 1. The maximum atomic E-state index is 13.2. The molecule has 2 rings (SSSR count). The van der Waals surface area contributed by atoms with Gasteiger partial charge in [-0.3, -0.25) is 0 Å². The van der Waals surface area contributed by atoms with Crippen molar-refractivity contribution in [2.45, 2.75) is 38.5 Å². The van der Waals surface area contributed by atoms with Crippen molar-refractivity contribution in [1.29, 1.82) is 0 Å². The molecule has 2 aromatic rings. The van der Waals surface area contributed by atoms with Gasteiger partial charge in [0.1, 0.15) is 5.82 Å². The molecule has 0 radical (unpaired) electrons. The van der Waals surface area contributed by atoms with Crippen molar-refractivity contribution in [2.24, 2.45) is 5.73 Å². The van der Waals surface area contributed by atoms with Crippen molar-refractivity contribution >= 4 is 22.6 Å². The normalized spacial score (nSPS) is 15.8. The molecular formula is C13H15ClF3N3. The van der Waals surface area contributed by atoms with E-state index in [1.807, 2.05) is 0 Å². The summed E-state index contributed by atoms with van der Waals surface area (Å²) in [6.45, 7) is 4.48. The molecule has 0 aliphatic carbocycles. The van der Waals surface area contributed by atoms with Gasteiger partial charge in [-0.15, -0.1) is 0 Å². The number of hydrogen-bond acceptors (Lipinski definition) is 2. The summed E-state index contributed by atoms with van der Waals surface area (Å²) in [5.41, 5.74) is 3.98. The highest BCUT2D eigenvalue weighted by atomic mass is 35.5. The zero-order chi connectivity index (χ0) is 15.3. The van der Waals surface area contributed by atoms with Gasteiger partial charge in [0.2, 0.25) is 0 Å². The van der Waals surface area contributed by atoms with Gasteiger partial charge in [-0.05, 0) is 39.0 Å². The van der Waals surface area contributed by atoms with Crippen molar-refractivity contribution in [3.63, 3.8) is 0 Å². The van der Waals surface area contributed by atoms with Crippen molar-refractivity contribution < 1.29 is 13.2 Å². The minimum atomic E-state index is -4.59. The predicted octanol–water partition coefficient (Wildman–Crippen LogP) is 4.01. The van der Waals surface area contributed by atoms with E-state index in [-0.39, 0.29) is 11.9 Å². The van der Waals surface area contributed by atoms with Crippen LogP contribution in [-0.2, 0) is 5.54 Å². The molecule has 3 nitrogen and oxygen atoms in total. The summed E-state index contributed by atoms with van der Waals surface area (Å²) in [6, 6.07) is 4.55. The van der Waals surface area contributed by atoms with Gasteiger partial charge in [0.05, 0.1) is 11.0 Å². The van der Waals surface area contributed by atoms with Gasteiger partial charge in [0.25, 0.3) is 0 Å². The Balaban J connectivity index is 2.80. The third-order valence-corrected chi connectivity index (χ3v) is 3.46. The number of halogens is 4. The Hall–Kier alpha value is -1.27. The van der Waals surface area contributed by atoms with Crippen molar-refractivity contribution in [3.8, 4) is 0 Å². The maximum Gasteiger partial charge on any atom is 0.413 e. The minimum Gasteiger partial charge on any atom is -0.324 e. The van der Waals surface area contributed by atoms with E-state index in [0.717, 1.165) is 6.92 Å². The molecule has 0 fully saturated rings. The summed E-state index contributed by atoms with van der Waals surface area (Å²) >= 11 is 5.91. The predicted molar refractivity (Wildman–Crippen MR) is 72.7 cm³/mol. The Kier molecular flexibility index (Phi) is 3.50. The zero-order valence-corrected chi connectivity index (χ0v) is 12.0. The van der Waals surface area contributed by atoms with Gasteiger partial charge in [-0.1, -0.05) is 11.6 Å². The lowest BCUT2D eigenvalue weighted by Crippen LogP contribution is -2.49. The van der Waals surface area contributed by atoms with Crippen molar-refractivity contribution in [2.75, 3.05) is 0 Å². The number of fused-ring (bicyclic) bond motifs is 1. The van der Waals surface area contributed by atoms with Crippen molar-refractivity contribution in [3.05, 3.63) is 29.0 Å². The van der Waals surface area contributed by atoms with Crippen LogP contribution in [0.1, 0.15) is 32.6 Å². The third-order valence-electron chi connectivity index (χ3n) is 3.22. The average molecular weight is 306 g/mol. The molecule has 1 aromatic heterocycles. The molecule has 0 aliphatic rings. The standard InChI is InChI=1S/C13H15ClF3N3/c1-7(2)20-10-6-8(14)4-5-9(10)19-11(20)12(3,18)13(15,16)17/h4-7H,18H2,1-3H3. The molecule has 2 N–H and O–H groups in total. The van der Waals surface area contributed by atoms with E-state index >= 15 is 0 Å². The van der Waals surface area contributed by atoms with E-state index in [9.17, 15) is 13.2 Å². The largest absolute Gasteiger partial charge is 0.413 e. The Morgan fingerprint density at radius 2 is 1.90 bits per heavy atom. The van der Waals surface area contributed by atoms with E-state index < -0.39 is 11.7 Å². The van der Waals surface area contributed by atoms with Crippen LogP contribution in [-0.4, -0.2) is 15.7 Å². The van der Waals surface area contributed by atoms with Crippen LogP contribution in [0.5, 0.6) is 0 Å². The lowest BCUT2D eigenvalue weighted by molar-refractivity contribution is -0.187. The fourth-order valence-corrected chi connectivity index (χ4v) is 2.25. The summed E-state index contributed by atoms with van der Waals surface area (Å²) in [5, 5.41) is 0.441. The molecule has 0 saturated carbocycles. The monoisotopic (exact) mass is 305 g/mol. The molecule has 7 heteroatoms. The molecule has 1 heterocycles. The summed E-state index contributed by atoms with van der Waals surface area (Å²) in [6.07, 6.45) is -4.59. The highest BCUT2D eigenvalue weighted by molar-refractivity contribution is 6.31. The minimum absolute atomic E-state index is 0.211. The van der Waals surface area contributed by atoms with Crippen LogP contribution in [0.25, 0.3) is 11.0 Å². The number of nitrogens with two attached hydrogens (primary N) is 1. The Morgan fingerprint density at radius 1 is 1.30 bits per heavy atom. The van der Waals surface area contributed by atoms with Gasteiger partial charge < -0.3 is 10.3 Å². The second-order valence-corrected chi connectivity index (χ2v) is 5.67. The van der Waals surface area contributed by atoms with Gasteiger partial charge in [0, 0.05) is 11.1 Å². The first-order valence-corrected chi connectivity index (χ1v) is 6.47. The molecule has 0 spiro atoms. The van der Waals surface area contributed by atoms with Gasteiger partial charge in [-0.2, -0.15) is 13.2 Å². The number of hydrogen-bond donors (Lipinski definition) is 1. The molecule has 1 unspecified atom stereocenters. The first kappa shape index (κ1) is 15.1. The number of aromatic nitrogens is 2. The van der Waals surface area contributed by atoms with E-state index in [0.29, 0.717) is 16.1 Å². The highest BCUT2D eigenvalue weighted by Gasteiger charge is 2.52. The van der Waals surface area contributed by atoms with Crippen LogP contribution >= 0.6 is 11.6 Å². The van der Waals surface area contributed by atoms with Gasteiger partial charge >= 0.3 is 6.18 Å². The first-order chi connectivity index (χ1) is 9.05. The molecule has 0 aliphatic heterocycles. The van der Waals surface area contributed by atoms with Crippen LogP contribution in [0.2, 0.25) is 5.02 Å². The molecule has 110 valence electrons. The van der Waals surface area contributed by atoms with Crippen LogP contribution in [0.3, 0.4) is 0 Å². The Bertz CT molecular complexity index is 644. The molecule has 1 aromatic carbocycles. The first-order valence-electron chi connectivity index (χ1n) is 6.09. The summed E-state index contributed by atoms with van der Waals surface area (Å²) < 4.78 is 41.0. The number of alkyl halides is 3. The molecule has 20 heavy (non-hydrogen) atoms. The van der Waals surface area contributed by atoms with Crippen LogP contribution in [0.15, 0.2) is 18.2 Å². The van der Waals surface area contributed by atoms with Crippen LogP contribution in [0.4, 0.5) is 13.2 Å². The smallest absolute Gasteiger partial charge is 0.324 e. The number of rotatable bonds is 2. The quantitative estimate of drug-likeness (QED) is 0.911. The van der Waals surface area contributed by atoms with E-state index in [1.165, 1.54) is 4.57 Å². The fourth-order valence-electron chi connectivity index (χ4n) is 2.08. The van der Waals surface area contributed by atoms with Gasteiger partial charge in [0.15, 0.2) is 5.54 Å². The SMILES string of the molecule is CC(C)n1c(C(C)(N)C(F)(F)F)nc2ccc(Cl)cc21. The third kappa shape index (κ3) is 2.27. The average Bonchev–Trinajstić information content (AvgIpc) is 2.66. The fraction of sp³-hybridized carbons (Fsp3) is 0.462. The molecule has 0 saturated heterocycles. The van der Waals surface area contributed by atoms with Crippen LogP contribution in [0, 0.1) is 0 Å². The Morgan fingerprint density at radius 3 is 2.40 bits per heavy atom. The van der Waals surface area contributed by atoms with Gasteiger partial charge in [-0.25, -0.2) is 4.98 Å². The lowest BCUT2D eigenvalue weighted by Gasteiger charge is -2.28. The number of imidazole rings is 1. The number of nitrogens with zero attached hydrogens (tertiary/aromatic N) is 2.